The highest BCUT2D eigenvalue weighted by Crippen LogP contribution is 2.38. The topological polar surface area (TPSA) is 57.2 Å². The Bertz CT molecular complexity index is 697. The van der Waals surface area contributed by atoms with Gasteiger partial charge in [0, 0.05) is 44.4 Å². The summed E-state index contributed by atoms with van der Waals surface area (Å²) < 4.78 is 5.61. The lowest BCUT2D eigenvalue weighted by molar-refractivity contribution is -0.117. The van der Waals surface area contributed by atoms with E-state index in [-0.39, 0.29) is 17.9 Å². The van der Waals surface area contributed by atoms with Crippen LogP contribution in [0.2, 0.25) is 0 Å². The van der Waals surface area contributed by atoms with Crippen LogP contribution in [0, 0.1) is 5.41 Å². The molecule has 1 spiro atoms. The van der Waals surface area contributed by atoms with Crippen molar-refractivity contribution in [3.63, 3.8) is 0 Å². The van der Waals surface area contributed by atoms with E-state index in [0.29, 0.717) is 0 Å². The van der Waals surface area contributed by atoms with Gasteiger partial charge >= 0.3 is 0 Å². The normalized spacial score (nSPS) is 25.7. The average Bonchev–Trinajstić information content (AvgIpc) is 3.32. The summed E-state index contributed by atoms with van der Waals surface area (Å²) in [6.45, 7) is 4.73. The lowest BCUT2D eigenvalue weighted by Crippen LogP contribution is -2.47. The van der Waals surface area contributed by atoms with Crippen LogP contribution >= 0.6 is 0 Å². The number of rotatable bonds is 2. The van der Waals surface area contributed by atoms with E-state index >= 15 is 0 Å². The SMILES string of the molecule is CN=C(NCC(=O)N1CCCc2ccccc21)N1CCC2(CCOC2)C1. The number of hydrogen-bond donors (Lipinski definition) is 1. The number of carbonyl (C=O) groups excluding carboxylic acids is 1. The third kappa shape index (κ3) is 3.30. The number of nitrogens with zero attached hydrogens (tertiary/aromatic N) is 3. The minimum atomic E-state index is 0.108. The van der Waals surface area contributed by atoms with E-state index in [1.165, 1.54) is 5.56 Å². The van der Waals surface area contributed by atoms with Crippen molar-refractivity contribution in [3.8, 4) is 0 Å². The molecule has 0 bridgehead atoms. The van der Waals surface area contributed by atoms with Crippen LogP contribution in [0.3, 0.4) is 0 Å². The van der Waals surface area contributed by atoms with Gasteiger partial charge in [0.15, 0.2) is 5.96 Å². The Morgan fingerprint density at radius 2 is 2.19 bits per heavy atom. The van der Waals surface area contributed by atoms with Gasteiger partial charge in [-0.3, -0.25) is 9.79 Å². The van der Waals surface area contributed by atoms with Crippen molar-refractivity contribution in [3.05, 3.63) is 29.8 Å². The van der Waals surface area contributed by atoms with Crippen molar-refractivity contribution < 1.29 is 9.53 Å². The van der Waals surface area contributed by atoms with Crippen LogP contribution in [0.25, 0.3) is 0 Å². The molecule has 0 aromatic heterocycles. The van der Waals surface area contributed by atoms with E-state index in [1.54, 1.807) is 7.05 Å². The number of likely N-dealkylation sites (tertiary alicyclic amines) is 1. The first-order valence-corrected chi connectivity index (χ1v) is 9.62. The predicted molar refractivity (Wildman–Crippen MR) is 103 cm³/mol. The Labute approximate surface area is 155 Å². The standard InChI is InChI=1S/C20H28N4O2/c1-21-19(23-11-8-20(14-23)9-12-26-15-20)22-13-18(25)24-10-4-6-16-5-2-3-7-17(16)24/h2-3,5,7H,4,6,8-15H2,1H3,(H,21,22). The summed E-state index contributed by atoms with van der Waals surface area (Å²) in [6, 6.07) is 8.22. The maximum atomic E-state index is 12.8. The van der Waals surface area contributed by atoms with Crippen molar-refractivity contribution in [1.29, 1.82) is 0 Å². The van der Waals surface area contributed by atoms with Gasteiger partial charge in [-0.05, 0) is 37.3 Å². The summed E-state index contributed by atoms with van der Waals surface area (Å²) in [5, 5.41) is 3.29. The Hall–Kier alpha value is -2.08. The van der Waals surface area contributed by atoms with Crippen LogP contribution < -0.4 is 10.2 Å². The molecule has 1 aromatic carbocycles. The number of carbonyl (C=O) groups is 1. The maximum Gasteiger partial charge on any atom is 0.246 e. The van der Waals surface area contributed by atoms with Gasteiger partial charge < -0.3 is 19.9 Å². The molecule has 2 fully saturated rings. The molecule has 1 unspecified atom stereocenters. The van der Waals surface area contributed by atoms with Crippen molar-refractivity contribution in [1.82, 2.24) is 10.2 Å². The van der Waals surface area contributed by atoms with Crippen molar-refractivity contribution in [2.24, 2.45) is 10.4 Å². The first-order valence-electron chi connectivity index (χ1n) is 9.62. The Kier molecular flexibility index (Phi) is 4.85. The second kappa shape index (κ2) is 7.27. The molecule has 0 saturated carbocycles. The summed E-state index contributed by atoms with van der Waals surface area (Å²) in [7, 11) is 1.79. The molecule has 1 aromatic rings. The number of fused-ring (bicyclic) bond motifs is 1. The van der Waals surface area contributed by atoms with Crippen molar-refractivity contribution >= 4 is 17.6 Å². The summed E-state index contributed by atoms with van der Waals surface area (Å²) in [6.07, 6.45) is 4.34. The Morgan fingerprint density at radius 3 is 3.00 bits per heavy atom. The van der Waals surface area contributed by atoms with E-state index in [1.807, 2.05) is 23.1 Å². The van der Waals surface area contributed by atoms with E-state index in [2.05, 4.69) is 21.3 Å². The second-order valence-electron chi connectivity index (χ2n) is 7.65. The molecule has 2 saturated heterocycles. The molecular weight excluding hydrogens is 328 g/mol. The predicted octanol–water partition coefficient (Wildman–Crippen LogP) is 1.65. The fraction of sp³-hybridized carbons (Fsp3) is 0.600. The quantitative estimate of drug-likeness (QED) is 0.647. The minimum Gasteiger partial charge on any atom is -0.381 e. The fourth-order valence-corrected chi connectivity index (χ4v) is 4.46. The van der Waals surface area contributed by atoms with Gasteiger partial charge in [0.1, 0.15) is 0 Å². The second-order valence-corrected chi connectivity index (χ2v) is 7.65. The van der Waals surface area contributed by atoms with Crippen LogP contribution in [0.15, 0.2) is 29.3 Å². The molecule has 3 heterocycles. The molecule has 3 aliphatic rings. The Morgan fingerprint density at radius 1 is 1.31 bits per heavy atom. The fourth-order valence-electron chi connectivity index (χ4n) is 4.46. The largest absolute Gasteiger partial charge is 0.381 e. The minimum absolute atomic E-state index is 0.108. The summed E-state index contributed by atoms with van der Waals surface area (Å²) in [5.41, 5.74) is 2.61. The van der Waals surface area contributed by atoms with Crippen molar-refractivity contribution in [2.75, 3.05) is 51.3 Å². The van der Waals surface area contributed by atoms with E-state index < -0.39 is 0 Å². The average molecular weight is 356 g/mol. The molecule has 1 amide bonds. The Balaban J connectivity index is 1.37. The number of amides is 1. The van der Waals surface area contributed by atoms with Gasteiger partial charge in [0.2, 0.25) is 5.91 Å². The van der Waals surface area contributed by atoms with Crippen LogP contribution in [0.4, 0.5) is 5.69 Å². The summed E-state index contributed by atoms with van der Waals surface area (Å²) in [4.78, 5) is 21.4. The lowest BCUT2D eigenvalue weighted by atomic mass is 9.87. The highest BCUT2D eigenvalue weighted by atomic mass is 16.5. The van der Waals surface area contributed by atoms with Crippen LogP contribution in [-0.2, 0) is 16.0 Å². The van der Waals surface area contributed by atoms with Gasteiger partial charge in [0.25, 0.3) is 0 Å². The monoisotopic (exact) mass is 356 g/mol. The van der Waals surface area contributed by atoms with E-state index in [4.69, 9.17) is 4.74 Å². The maximum absolute atomic E-state index is 12.8. The molecule has 0 radical (unpaired) electrons. The number of ether oxygens (including phenoxy) is 1. The van der Waals surface area contributed by atoms with Gasteiger partial charge in [-0.2, -0.15) is 0 Å². The van der Waals surface area contributed by atoms with Gasteiger partial charge in [-0.1, -0.05) is 18.2 Å². The third-order valence-corrected chi connectivity index (χ3v) is 5.94. The van der Waals surface area contributed by atoms with Crippen LogP contribution in [0.1, 0.15) is 24.8 Å². The highest BCUT2D eigenvalue weighted by Gasteiger charge is 2.42. The molecule has 6 nitrogen and oxygen atoms in total. The molecule has 4 rings (SSSR count). The van der Waals surface area contributed by atoms with E-state index in [0.717, 1.165) is 70.2 Å². The van der Waals surface area contributed by atoms with Crippen molar-refractivity contribution in [2.45, 2.75) is 25.7 Å². The number of benzene rings is 1. The number of guanidine groups is 1. The van der Waals surface area contributed by atoms with Crippen LogP contribution in [-0.4, -0.2) is 63.2 Å². The smallest absolute Gasteiger partial charge is 0.246 e. The molecular formula is C20H28N4O2. The molecule has 6 heteroatoms. The number of aliphatic imine (C=N–C) groups is 1. The summed E-state index contributed by atoms with van der Waals surface area (Å²) >= 11 is 0. The number of aryl methyl sites for hydroxylation is 1. The van der Waals surface area contributed by atoms with Gasteiger partial charge in [-0.25, -0.2) is 0 Å². The molecule has 1 N–H and O–H groups in total. The first kappa shape index (κ1) is 17.3. The number of nitrogens with one attached hydrogen (secondary N) is 1. The zero-order valence-electron chi connectivity index (χ0n) is 15.5. The first-order chi connectivity index (χ1) is 12.7. The lowest BCUT2D eigenvalue weighted by Gasteiger charge is -2.30. The number of para-hydroxylation sites is 1. The van der Waals surface area contributed by atoms with Crippen LogP contribution in [0.5, 0.6) is 0 Å². The number of anilines is 1. The molecule has 140 valence electrons. The molecule has 0 aliphatic carbocycles. The number of hydrogen-bond acceptors (Lipinski definition) is 3. The van der Waals surface area contributed by atoms with Gasteiger partial charge in [-0.15, -0.1) is 0 Å². The third-order valence-electron chi connectivity index (χ3n) is 5.94. The zero-order valence-corrected chi connectivity index (χ0v) is 15.5. The molecule has 1 atom stereocenters. The van der Waals surface area contributed by atoms with Gasteiger partial charge in [0.05, 0.1) is 13.2 Å². The summed E-state index contributed by atoms with van der Waals surface area (Å²) in [5.74, 6) is 0.934. The zero-order chi connectivity index (χ0) is 18.0. The van der Waals surface area contributed by atoms with E-state index in [9.17, 15) is 4.79 Å². The molecule has 26 heavy (non-hydrogen) atoms. The highest BCUT2D eigenvalue weighted by molar-refractivity contribution is 5.98. The molecule has 3 aliphatic heterocycles.